The Labute approximate surface area is 141 Å². The minimum atomic E-state index is 0.00265. The molecule has 1 atom stereocenters. The molecule has 1 aromatic carbocycles. The first-order valence-corrected chi connectivity index (χ1v) is 7.96. The number of hydrogen-bond donors (Lipinski definition) is 2. The lowest BCUT2D eigenvalue weighted by Gasteiger charge is -2.30. The number of anilines is 1. The molecule has 124 valence electrons. The fourth-order valence-electron chi connectivity index (χ4n) is 2.98. The number of likely N-dealkylation sites (N-methyl/N-ethyl adjacent to an activating group) is 1. The molecule has 0 bridgehead atoms. The SMILES string of the molecule is Cc1nc(NC2CCCN(C)C2)nnc1-c1ccc(C#N)cc1O. The average molecular weight is 324 g/mol. The first kappa shape index (κ1) is 16.1. The van der Waals surface area contributed by atoms with E-state index in [1.54, 1.807) is 12.1 Å². The van der Waals surface area contributed by atoms with Gasteiger partial charge in [0.05, 0.1) is 17.3 Å². The maximum absolute atomic E-state index is 10.1. The molecule has 24 heavy (non-hydrogen) atoms. The number of aromatic hydroxyl groups is 1. The maximum atomic E-state index is 10.1. The Kier molecular flexibility index (Phi) is 4.58. The second-order valence-electron chi connectivity index (χ2n) is 6.16. The van der Waals surface area contributed by atoms with Gasteiger partial charge in [-0.25, -0.2) is 4.98 Å². The number of nitrogens with zero attached hydrogens (tertiary/aromatic N) is 5. The third kappa shape index (κ3) is 3.44. The van der Waals surface area contributed by atoms with Gasteiger partial charge in [0.25, 0.3) is 0 Å². The summed E-state index contributed by atoms with van der Waals surface area (Å²) in [4.78, 5) is 6.76. The van der Waals surface area contributed by atoms with E-state index >= 15 is 0 Å². The van der Waals surface area contributed by atoms with E-state index in [1.165, 1.54) is 6.07 Å². The van der Waals surface area contributed by atoms with Gasteiger partial charge >= 0.3 is 0 Å². The van der Waals surface area contributed by atoms with E-state index in [0.717, 1.165) is 25.9 Å². The van der Waals surface area contributed by atoms with Crippen molar-refractivity contribution in [3.8, 4) is 23.1 Å². The summed E-state index contributed by atoms with van der Waals surface area (Å²) in [5.74, 6) is 0.507. The number of rotatable bonds is 3. The van der Waals surface area contributed by atoms with Crippen molar-refractivity contribution in [2.75, 3.05) is 25.5 Å². The second-order valence-corrected chi connectivity index (χ2v) is 6.16. The molecule has 1 unspecified atom stereocenters. The zero-order valence-corrected chi connectivity index (χ0v) is 13.8. The molecule has 2 heterocycles. The van der Waals surface area contributed by atoms with Gasteiger partial charge in [0.2, 0.25) is 5.95 Å². The van der Waals surface area contributed by atoms with Gasteiger partial charge in [-0.2, -0.15) is 5.26 Å². The topological polar surface area (TPSA) is 98.0 Å². The van der Waals surface area contributed by atoms with Crippen LogP contribution in [0, 0.1) is 18.3 Å². The Bertz CT molecular complexity index is 785. The monoisotopic (exact) mass is 324 g/mol. The van der Waals surface area contributed by atoms with Gasteiger partial charge in [-0.3, -0.25) is 0 Å². The number of nitriles is 1. The lowest BCUT2D eigenvalue weighted by atomic mass is 10.1. The van der Waals surface area contributed by atoms with Crippen molar-refractivity contribution in [2.45, 2.75) is 25.8 Å². The lowest BCUT2D eigenvalue weighted by Crippen LogP contribution is -2.40. The van der Waals surface area contributed by atoms with Crippen LogP contribution in [0.3, 0.4) is 0 Å². The molecule has 7 heteroatoms. The number of hydrogen-bond acceptors (Lipinski definition) is 7. The third-order valence-electron chi connectivity index (χ3n) is 4.20. The second kappa shape index (κ2) is 6.81. The highest BCUT2D eigenvalue weighted by Gasteiger charge is 2.19. The molecule has 2 N–H and O–H groups in total. The van der Waals surface area contributed by atoms with E-state index in [1.807, 2.05) is 13.0 Å². The molecular formula is C17H20N6O. The van der Waals surface area contributed by atoms with Crippen LogP contribution in [-0.2, 0) is 0 Å². The van der Waals surface area contributed by atoms with E-state index in [2.05, 4.69) is 32.4 Å². The Morgan fingerprint density at radius 2 is 2.21 bits per heavy atom. The first-order chi connectivity index (χ1) is 11.6. The van der Waals surface area contributed by atoms with Crippen molar-refractivity contribution in [2.24, 2.45) is 0 Å². The molecule has 0 amide bonds. The molecule has 1 saturated heterocycles. The van der Waals surface area contributed by atoms with Crippen LogP contribution in [0.5, 0.6) is 5.75 Å². The van der Waals surface area contributed by atoms with E-state index in [0.29, 0.717) is 34.5 Å². The standard InChI is InChI=1S/C17H20N6O/c1-11-16(14-6-5-12(9-18)8-15(14)24)21-22-17(19-11)20-13-4-3-7-23(2)10-13/h5-6,8,13,24H,3-4,7,10H2,1-2H3,(H,19,20,22). The molecule has 1 fully saturated rings. The van der Waals surface area contributed by atoms with Gasteiger partial charge in [-0.05, 0) is 51.6 Å². The molecule has 1 aliphatic rings. The largest absolute Gasteiger partial charge is 0.507 e. The molecule has 3 rings (SSSR count). The van der Waals surface area contributed by atoms with Gasteiger partial charge in [0.1, 0.15) is 11.4 Å². The van der Waals surface area contributed by atoms with Crippen molar-refractivity contribution in [1.82, 2.24) is 20.1 Å². The van der Waals surface area contributed by atoms with Gasteiger partial charge in [-0.15, -0.1) is 10.2 Å². The zero-order chi connectivity index (χ0) is 17.1. The highest BCUT2D eigenvalue weighted by molar-refractivity contribution is 5.69. The highest BCUT2D eigenvalue weighted by Crippen LogP contribution is 2.30. The number of aryl methyl sites for hydroxylation is 1. The predicted molar refractivity (Wildman–Crippen MR) is 90.5 cm³/mol. The highest BCUT2D eigenvalue weighted by atomic mass is 16.3. The normalized spacial score (nSPS) is 18.1. The molecule has 0 aliphatic carbocycles. The van der Waals surface area contributed by atoms with Crippen LogP contribution >= 0.6 is 0 Å². The van der Waals surface area contributed by atoms with E-state index in [9.17, 15) is 5.11 Å². The van der Waals surface area contributed by atoms with Crippen LogP contribution in [0.2, 0.25) is 0 Å². The molecule has 1 aromatic heterocycles. The van der Waals surface area contributed by atoms with E-state index in [4.69, 9.17) is 5.26 Å². The summed E-state index contributed by atoms with van der Waals surface area (Å²) in [5, 5.41) is 30.7. The summed E-state index contributed by atoms with van der Waals surface area (Å²) in [6.07, 6.45) is 2.24. The molecule has 0 spiro atoms. The molecule has 2 aromatic rings. The van der Waals surface area contributed by atoms with E-state index < -0.39 is 0 Å². The van der Waals surface area contributed by atoms with Crippen LogP contribution in [0.15, 0.2) is 18.2 Å². The number of aromatic nitrogens is 3. The summed E-state index contributed by atoms with van der Waals surface area (Å²) in [6, 6.07) is 7.03. The summed E-state index contributed by atoms with van der Waals surface area (Å²) >= 11 is 0. The smallest absolute Gasteiger partial charge is 0.243 e. The zero-order valence-electron chi connectivity index (χ0n) is 13.8. The molecule has 0 radical (unpaired) electrons. The summed E-state index contributed by atoms with van der Waals surface area (Å²) in [7, 11) is 2.11. The average Bonchev–Trinajstić information content (AvgIpc) is 2.55. The number of likely N-dealkylation sites (tertiary alicyclic amines) is 1. The Hall–Kier alpha value is -2.72. The van der Waals surface area contributed by atoms with Gasteiger partial charge < -0.3 is 15.3 Å². The van der Waals surface area contributed by atoms with Crippen LogP contribution < -0.4 is 5.32 Å². The Morgan fingerprint density at radius 1 is 1.38 bits per heavy atom. The van der Waals surface area contributed by atoms with E-state index in [-0.39, 0.29) is 5.75 Å². The van der Waals surface area contributed by atoms with Crippen molar-refractivity contribution < 1.29 is 5.11 Å². The van der Waals surface area contributed by atoms with Crippen molar-refractivity contribution in [3.05, 3.63) is 29.5 Å². The lowest BCUT2D eigenvalue weighted by molar-refractivity contribution is 0.260. The fraction of sp³-hybridized carbons (Fsp3) is 0.412. The summed E-state index contributed by atoms with van der Waals surface area (Å²) in [6.45, 7) is 3.91. The quantitative estimate of drug-likeness (QED) is 0.890. The summed E-state index contributed by atoms with van der Waals surface area (Å²) < 4.78 is 0. The van der Waals surface area contributed by atoms with Gasteiger partial charge in [0, 0.05) is 18.2 Å². The predicted octanol–water partition coefficient (Wildman–Crippen LogP) is 1.93. The van der Waals surface area contributed by atoms with Crippen molar-refractivity contribution in [1.29, 1.82) is 5.26 Å². The Balaban J connectivity index is 1.81. The van der Waals surface area contributed by atoms with Gasteiger partial charge in [-0.1, -0.05) is 0 Å². The van der Waals surface area contributed by atoms with Crippen LogP contribution in [-0.4, -0.2) is 51.4 Å². The minimum absolute atomic E-state index is 0.00265. The molecular weight excluding hydrogens is 304 g/mol. The third-order valence-corrected chi connectivity index (χ3v) is 4.20. The molecule has 7 nitrogen and oxygen atoms in total. The summed E-state index contributed by atoms with van der Waals surface area (Å²) in [5.41, 5.74) is 2.12. The number of phenols is 1. The maximum Gasteiger partial charge on any atom is 0.243 e. The minimum Gasteiger partial charge on any atom is -0.507 e. The van der Waals surface area contributed by atoms with Crippen LogP contribution in [0.4, 0.5) is 5.95 Å². The van der Waals surface area contributed by atoms with Crippen LogP contribution in [0.1, 0.15) is 24.1 Å². The number of piperidine rings is 1. The van der Waals surface area contributed by atoms with Gasteiger partial charge in [0.15, 0.2) is 0 Å². The van der Waals surface area contributed by atoms with Crippen LogP contribution in [0.25, 0.3) is 11.3 Å². The van der Waals surface area contributed by atoms with Crippen molar-refractivity contribution in [3.63, 3.8) is 0 Å². The number of phenolic OH excluding ortho intramolecular Hbond substituents is 1. The Morgan fingerprint density at radius 3 is 2.88 bits per heavy atom. The first-order valence-electron chi connectivity index (χ1n) is 7.96. The fourth-order valence-corrected chi connectivity index (χ4v) is 2.98. The molecule has 1 aliphatic heterocycles. The number of benzene rings is 1. The van der Waals surface area contributed by atoms with Crippen molar-refractivity contribution >= 4 is 5.95 Å². The molecule has 0 saturated carbocycles. The number of nitrogens with one attached hydrogen (secondary N) is 1.